The van der Waals surface area contributed by atoms with Gasteiger partial charge in [0.05, 0.1) is 0 Å². The summed E-state index contributed by atoms with van der Waals surface area (Å²) < 4.78 is 0. The van der Waals surface area contributed by atoms with Gasteiger partial charge in [-0.25, -0.2) is 0 Å². The zero-order chi connectivity index (χ0) is 13.8. The van der Waals surface area contributed by atoms with Crippen LogP contribution in [0.3, 0.4) is 0 Å². The highest BCUT2D eigenvalue weighted by Crippen LogP contribution is 2.38. The minimum atomic E-state index is 0.614. The van der Waals surface area contributed by atoms with Crippen LogP contribution in [0.1, 0.15) is 42.4 Å². The van der Waals surface area contributed by atoms with Gasteiger partial charge in [-0.3, -0.25) is 0 Å². The fourth-order valence-corrected chi connectivity index (χ4v) is 3.88. The molecule has 2 aromatic rings. The smallest absolute Gasteiger partial charge is 0.0114 e. The molecule has 2 heteroatoms. The van der Waals surface area contributed by atoms with Crippen LogP contribution < -0.4 is 5.32 Å². The van der Waals surface area contributed by atoms with E-state index in [9.17, 15) is 0 Å². The van der Waals surface area contributed by atoms with Gasteiger partial charge in [-0.1, -0.05) is 31.2 Å². The average molecular weight is 285 g/mol. The Kier molecular flexibility index (Phi) is 4.54. The maximum Gasteiger partial charge on any atom is 0.0114 e. The van der Waals surface area contributed by atoms with E-state index in [-0.39, 0.29) is 0 Å². The lowest BCUT2D eigenvalue weighted by molar-refractivity contribution is 0.415. The van der Waals surface area contributed by atoms with E-state index in [1.807, 2.05) is 0 Å². The first-order chi connectivity index (χ1) is 9.86. The van der Waals surface area contributed by atoms with Crippen LogP contribution in [0.15, 0.2) is 41.1 Å². The van der Waals surface area contributed by atoms with E-state index >= 15 is 0 Å². The lowest BCUT2D eigenvalue weighted by Crippen LogP contribution is -2.35. The van der Waals surface area contributed by atoms with E-state index in [0.29, 0.717) is 6.04 Å². The molecule has 1 N–H and O–H groups in total. The van der Waals surface area contributed by atoms with Gasteiger partial charge in [0.15, 0.2) is 0 Å². The summed E-state index contributed by atoms with van der Waals surface area (Å²) in [4.78, 5) is 0. The van der Waals surface area contributed by atoms with Gasteiger partial charge >= 0.3 is 0 Å². The van der Waals surface area contributed by atoms with Gasteiger partial charge in [0.25, 0.3) is 0 Å². The van der Waals surface area contributed by atoms with E-state index in [1.54, 1.807) is 22.5 Å². The molecular weight excluding hydrogens is 262 g/mol. The topological polar surface area (TPSA) is 12.0 Å². The van der Waals surface area contributed by atoms with Crippen LogP contribution in [0.4, 0.5) is 0 Å². The van der Waals surface area contributed by atoms with Crippen LogP contribution in [0.2, 0.25) is 0 Å². The quantitative estimate of drug-likeness (QED) is 0.795. The Bertz CT molecular complexity index is 532. The second-order valence-electron chi connectivity index (χ2n) is 5.82. The molecule has 106 valence electrons. The molecule has 1 aromatic heterocycles. The number of rotatable bonds is 7. The molecule has 0 amide bonds. The van der Waals surface area contributed by atoms with Crippen LogP contribution in [0, 0.1) is 0 Å². The summed E-state index contributed by atoms with van der Waals surface area (Å²) >= 11 is 1.80. The van der Waals surface area contributed by atoms with E-state index in [1.165, 1.54) is 31.2 Å². The minimum Gasteiger partial charge on any atom is -0.314 e. The van der Waals surface area contributed by atoms with E-state index in [0.717, 1.165) is 12.5 Å². The largest absolute Gasteiger partial charge is 0.314 e. The van der Waals surface area contributed by atoms with Crippen molar-refractivity contribution in [3.8, 4) is 0 Å². The summed E-state index contributed by atoms with van der Waals surface area (Å²) in [5, 5.41) is 8.21. The normalized spacial score (nSPS) is 18.4. The second-order valence-corrected chi connectivity index (χ2v) is 6.60. The molecule has 3 rings (SSSR count). The van der Waals surface area contributed by atoms with Crippen molar-refractivity contribution >= 4 is 11.3 Å². The van der Waals surface area contributed by atoms with Crippen molar-refractivity contribution in [1.29, 1.82) is 0 Å². The van der Waals surface area contributed by atoms with Gasteiger partial charge in [0.1, 0.15) is 0 Å². The molecule has 0 spiro atoms. The Balaban J connectivity index is 1.62. The molecule has 0 radical (unpaired) electrons. The van der Waals surface area contributed by atoms with Crippen molar-refractivity contribution < 1.29 is 0 Å². The predicted octanol–water partition coefficient (Wildman–Crippen LogP) is 4.39. The van der Waals surface area contributed by atoms with Crippen LogP contribution in [0.5, 0.6) is 0 Å². The number of nitrogens with one attached hydrogen (secondary N) is 1. The maximum absolute atomic E-state index is 3.74. The van der Waals surface area contributed by atoms with Gasteiger partial charge < -0.3 is 5.32 Å². The lowest BCUT2D eigenvalue weighted by atomic mass is 9.74. The highest BCUT2D eigenvalue weighted by Gasteiger charge is 2.27. The lowest BCUT2D eigenvalue weighted by Gasteiger charge is -2.33. The van der Waals surface area contributed by atoms with Crippen LogP contribution in [0.25, 0.3) is 0 Å². The predicted molar refractivity (Wildman–Crippen MR) is 87.6 cm³/mol. The third-order valence-electron chi connectivity index (χ3n) is 4.28. The Labute approximate surface area is 126 Å². The van der Waals surface area contributed by atoms with Crippen molar-refractivity contribution in [2.45, 2.75) is 44.6 Å². The molecule has 1 aliphatic carbocycles. The zero-order valence-corrected chi connectivity index (χ0v) is 13.0. The summed E-state index contributed by atoms with van der Waals surface area (Å²) in [5.41, 5.74) is 4.62. The summed E-state index contributed by atoms with van der Waals surface area (Å²) in [6, 6.07) is 11.8. The van der Waals surface area contributed by atoms with Crippen molar-refractivity contribution in [3.63, 3.8) is 0 Å². The van der Waals surface area contributed by atoms with Gasteiger partial charge in [0, 0.05) is 6.04 Å². The standard InChI is InChI=1S/C18H23NS/c1-2-8-19-17(10-14-7-9-20-13-14)12-16-11-15-5-3-4-6-18(15)16/h3-7,9,13,16-17,19H,2,8,10-12H2,1H3. The molecule has 0 saturated carbocycles. The number of hydrogen-bond donors (Lipinski definition) is 1. The monoisotopic (exact) mass is 285 g/mol. The fourth-order valence-electron chi connectivity index (χ4n) is 3.20. The van der Waals surface area contributed by atoms with Gasteiger partial charge in [-0.2, -0.15) is 11.3 Å². The van der Waals surface area contributed by atoms with Crippen LogP contribution in [-0.2, 0) is 12.8 Å². The van der Waals surface area contributed by atoms with E-state index in [2.05, 4.69) is 53.3 Å². The molecule has 2 atom stereocenters. The van der Waals surface area contributed by atoms with Crippen LogP contribution >= 0.6 is 11.3 Å². The summed E-state index contributed by atoms with van der Waals surface area (Å²) in [5.74, 6) is 0.763. The molecule has 20 heavy (non-hydrogen) atoms. The zero-order valence-electron chi connectivity index (χ0n) is 12.1. The molecule has 2 unspecified atom stereocenters. The van der Waals surface area contributed by atoms with Gasteiger partial charge in [-0.05, 0) is 71.7 Å². The van der Waals surface area contributed by atoms with Gasteiger partial charge in [-0.15, -0.1) is 0 Å². The summed E-state index contributed by atoms with van der Waals surface area (Å²) in [6.45, 7) is 3.37. The highest BCUT2D eigenvalue weighted by atomic mass is 32.1. The maximum atomic E-state index is 3.74. The molecule has 1 heterocycles. The average Bonchev–Trinajstić information content (AvgIpc) is 2.94. The number of fused-ring (bicyclic) bond motifs is 1. The Hall–Kier alpha value is -1.12. The van der Waals surface area contributed by atoms with Crippen molar-refractivity contribution in [2.75, 3.05) is 6.54 Å². The Morgan fingerprint density at radius 2 is 2.20 bits per heavy atom. The third-order valence-corrected chi connectivity index (χ3v) is 5.01. The number of benzene rings is 1. The Morgan fingerprint density at radius 3 is 2.95 bits per heavy atom. The number of hydrogen-bond acceptors (Lipinski definition) is 2. The van der Waals surface area contributed by atoms with Gasteiger partial charge in [0.2, 0.25) is 0 Å². The summed E-state index contributed by atoms with van der Waals surface area (Å²) in [6.07, 6.45) is 4.92. The molecular formula is C18H23NS. The first-order valence-electron chi connectivity index (χ1n) is 7.69. The molecule has 0 bridgehead atoms. The molecule has 0 saturated heterocycles. The van der Waals surface area contributed by atoms with E-state index < -0.39 is 0 Å². The van der Waals surface area contributed by atoms with Crippen LogP contribution in [-0.4, -0.2) is 12.6 Å². The molecule has 1 aliphatic rings. The van der Waals surface area contributed by atoms with E-state index in [4.69, 9.17) is 0 Å². The molecule has 0 aliphatic heterocycles. The number of thiophene rings is 1. The van der Waals surface area contributed by atoms with Crippen molar-refractivity contribution in [2.24, 2.45) is 0 Å². The Morgan fingerprint density at radius 1 is 1.30 bits per heavy atom. The minimum absolute atomic E-state index is 0.614. The third kappa shape index (κ3) is 3.13. The SMILES string of the molecule is CCCNC(Cc1ccsc1)CC1Cc2ccccc21. The first kappa shape index (κ1) is 13.8. The summed E-state index contributed by atoms with van der Waals surface area (Å²) in [7, 11) is 0. The molecule has 0 fully saturated rings. The second kappa shape index (κ2) is 6.55. The molecule has 1 nitrogen and oxygen atoms in total. The highest BCUT2D eigenvalue weighted by molar-refractivity contribution is 7.07. The van der Waals surface area contributed by atoms with Crippen molar-refractivity contribution in [3.05, 3.63) is 57.8 Å². The fraction of sp³-hybridized carbons (Fsp3) is 0.444. The first-order valence-corrected chi connectivity index (χ1v) is 8.63. The van der Waals surface area contributed by atoms with Crippen molar-refractivity contribution in [1.82, 2.24) is 5.32 Å². The molecule has 1 aromatic carbocycles.